The Kier molecular flexibility index (Phi) is 26.9. The summed E-state index contributed by atoms with van der Waals surface area (Å²) in [5.74, 6) is -1.14. The Morgan fingerprint density at radius 2 is 1.23 bits per heavy atom. The summed E-state index contributed by atoms with van der Waals surface area (Å²) in [6.45, 7) is 7.17. The van der Waals surface area contributed by atoms with Gasteiger partial charge in [-0.1, -0.05) is 74.5 Å². The summed E-state index contributed by atoms with van der Waals surface area (Å²) in [5, 5.41) is 31.7. The Hall–Kier alpha value is -4.53. The molecule has 0 saturated carbocycles. The second kappa shape index (κ2) is 32.2. The zero-order chi connectivity index (χ0) is 44.6. The number of amides is 4. The first-order valence-corrected chi connectivity index (χ1v) is 21.9. The third-order valence-electron chi connectivity index (χ3n) is 9.23. The van der Waals surface area contributed by atoms with E-state index in [4.69, 9.17) is 33.5 Å². The lowest BCUT2D eigenvalue weighted by Gasteiger charge is -2.30. The van der Waals surface area contributed by atoms with Crippen LogP contribution in [0.2, 0.25) is 0 Å². The van der Waals surface area contributed by atoms with E-state index in [1.807, 2.05) is 74.5 Å². The highest BCUT2D eigenvalue weighted by atomic mass is 32.1. The standard InChI is InChI=1S/C44H65N5O12S/c1-33(2)42(49-41(53)14-18-57-20-22-59-24-26-60-25-23-58-21-19-56-17-13-40(52)46-15-16-50)43(54)47-36(27-34-9-5-3-6-10-34)29-39(51)38(28-35-11-7-4-8-12-35)48-44(55)61-31-37-30-45-32-62-37/h3-12,30,32-33,36,38-39,42,50-51H,13-29,31H2,1-2H3,(H,46,52)(H,47,54)(H,48,55)(H,49,53)/t36-,38-,39-,42-/m0/s1. The minimum absolute atomic E-state index is 0.0443. The molecule has 6 N–H and O–H groups in total. The van der Waals surface area contributed by atoms with E-state index in [-0.39, 0.29) is 82.5 Å². The van der Waals surface area contributed by atoms with E-state index in [1.165, 1.54) is 11.3 Å². The van der Waals surface area contributed by atoms with Crippen molar-refractivity contribution < 1.29 is 57.8 Å². The molecule has 3 rings (SSSR count). The second-order valence-corrected chi connectivity index (χ2v) is 15.6. The monoisotopic (exact) mass is 887 g/mol. The number of benzene rings is 2. The van der Waals surface area contributed by atoms with Crippen LogP contribution in [0.1, 0.15) is 49.1 Å². The summed E-state index contributed by atoms with van der Waals surface area (Å²) in [6.07, 6.45) is 0.982. The lowest BCUT2D eigenvalue weighted by molar-refractivity contribution is -0.131. The Balaban J connectivity index is 1.38. The topological polar surface area (TPSA) is 225 Å². The molecule has 1 heterocycles. The summed E-state index contributed by atoms with van der Waals surface area (Å²) < 4.78 is 32.8. The molecule has 0 saturated heterocycles. The fraction of sp³-hybridized carbons (Fsp3) is 0.568. The van der Waals surface area contributed by atoms with Crippen LogP contribution < -0.4 is 21.3 Å². The SMILES string of the molecule is CC(C)[C@H](NC(=O)CCOCCOCCOCCOCCOCCC(=O)NCCO)C(=O)N[C@@H](Cc1ccccc1)C[C@H](O)[C@H](Cc1ccccc1)NC(=O)OCc1cncs1. The molecule has 0 aliphatic carbocycles. The van der Waals surface area contributed by atoms with E-state index in [1.54, 1.807) is 11.7 Å². The number of carbonyl (C=O) groups excluding carboxylic acids is 4. The van der Waals surface area contributed by atoms with E-state index in [0.29, 0.717) is 59.1 Å². The smallest absolute Gasteiger partial charge is 0.407 e. The molecule has 0 aliphatic heterocycles. The van der Waals surface area contributed by atoms with Crippen LogP contribution in [0.25, 0.3) is 0 Å². The first kappa shape index (κ1) is 51.8. The number of carbonyl (C=O) groups is 4. The molecule has 4 amide bonds. The van der Waals surface area contributed by atoms with Crippen molar-refractivity contribution in [2.45, 2.75) is 76.8 Å². The molecule has 0 radical (unpaired) electrons. The Morgan fingerprint density at radius 1 is 0.694 bits per heavy atom. The van der Waals surface area contributed by atoms with Crippen LogP contribution in [-0.4, -0.2) is 142 Å². The zero-order valence-corrected chi connectivity index (χ0v) is 36.7. The van der Waals surface area contributed by atoms with Crippen LogP contribution in [0.3, 0.4) is 0 Å². The molecule has 62 heavy (non-hydrogen) atoms. The van der Waals surface area contributed by atoms with E-state index >= 15 is 0 Å². The lowest BCUT2D eigenvalue weighted by atomic mass is 9.93. The predicted octanol–water partition coefficient (Wildman–Crippen LogP) is 2.57. The summed E-state index contributed by atoms with van der Waals surface area (Å²) in [7, 11) is 0. The Bertz CT molecular complexity index is 1640. The molecule has 4 atom stereocenters. The molecule has 1 aromatic heterocycles. The third-order valence-corrected chi connectivity index (χ3v) is 9.98. The number of alkyl carbamates (subject to hydrolysis) is 1. The van der Waals surface area contributed by atoms with Crippen LogP contribution >= 0.6 is 11.3 Å². The van der Waals surface area contributed by atoms with E-state index < -0.39 is 30.3 Å². The van der Waals surface area contributed by atoms with Crippen molar-refractivity contribution in [3.63, 3.8) is 0 Å². The quantitative estimate of drug-likeness (QED) is 0.0475. The third kappa shape index (κ3) is 23.6. The average Bonchev–Trinajstić information content (AvgIpc) is 3.79. The lowest BCUT2D eigenvalue weighted by Crippen LogP contribution is -2.54. The molecule has 0 fully saturated rings. The molecule has 0 spiro atoms. The van der Waals surface area contributed by atoms with Gasteiger partial charge < -0.3 is 59.9 Å². The van der Waals surface area contributed by atoms with Gasteiger partial charge in [-0.15, -0.1) is 11.3 Å². The molecule has 0 aliphatic rings. The van der Waals surface area contributed by atoms with Crippen LogP contribution in [-0.2, 0) is 62.3 Å². The molecule has 0 unspecified atom stereocenters. The average molecular weight is 888 g/mol. The second-order valence-electron chi connectivity index (χ2n) is 14.6. The van der Waals surface area contributed by atoms with Gasteiger partial charge in [0.25, 0.3) is 0 Å². The van der Waals surface area contributed by atoms with E-state index in [0.717, 1.165) is 16.0 Å². The van der Waals surface area contributed by atoms with Gasteiger partial charge in [0.15, 0.2) is 0 Å². The number of nitrogens with zero attached hydrogens (tertiary/aromatic N) is 1. The maximum atomic E-state index is 13.8. The highest BCUT2D eigenvalue weighted by molar-refractivity contribution is 7.09. The number of aliphatic hydroxyl groups is 2. The summed E-state index contributed by atoms with van der Waals surface area (Å²) in [5.41, 5.74) is 3.50. The van der Waals surface area contributed by atoms with Crippen LogP contribution in [0.5, 0.6) is 0 Å². The normalized spacial score (nSPS) is 13.2. The molecule has 344 valence electrons. The molecule has 17 nitrogen and oxygen atoms in total. The van der Waals surface area contributed by atoms with Gasteiger partial charge in [-0.2, -0.15) is 0 Å². The highest BCUT2D eigenvalue weighted by Gasteiger charge is 2.30. The van der Waals surface area contributed by atoms with E-state index in [2.05, 4.69) is 26.3 Å². The van der Waals surface area contributed by atoms with Crippen molar-refractivity contribution in [1.82, 2.24) is 26.3 Å². The fourth-order valence-corrected chi connectivity index (χ4v) is 6.51. The number of rotatable bonds is 34. The number of thiazole rings is 1. The minimum Gasteiger partial charge on any atom is -0.444 e. The highest BCUT2D eigenvalue weighted by Crippen LogP contribution is 2.16. The maximum Gasteiger partial charge on any atom is 0.407 e. The molecule has 0 bridgehead atoms. The van der Waals surface area contributed by atoms with Crippen molar-refractivity contribution in [2.75, 3.05) is 79.2 Å². The van der Waals surface area contributed by atoms with Crippen LogP contribution in [0, 0.1) is 5.92 Å². The van der Waals surface area contributed by atoms with E-state index in [9.17, 15) is 24.3 Å². The number of hydrogen-bond donors (Lipinski definition) is 6. The summed E-state index contributed by atoms with van der Waals surface area (Å²) >= 11 is 1.37. The number of hydrogen-bond acceptors (Lipinski definition) is 14. The first-order chi connectivity index (χ1) is 30.1. The van der Waals surface area contributed by atoms with Crippen molar-refractivity contribution in [2.24, 2.45) is 5.92 Å². The van der Waals surface area contributed by atoms with Gasteiger partial charge in [-0.05, 0) is 36.3 Å². The van der Waals surface area contributed by atoms with Crippen LogP contribution in [0.15, 0.2) is 72.4 Å². The van der Waals surface area contributed by atoms with Crippen molar-refractivity contribution in [3.8, 4) is 0 Å². The van der Waals surface area contributed by atoms with Gasteiger partial charge in [0, 0.05) is 31.6 Å². The minimum atomic E-state index is -1.07. The zero-order valence-electron chi connectivity index (χ0n) is 35.9. The maximum absolute atomic E-state index is 13.8. The van der Waals surface area contributed by atoms with Gasteiger partial charge in [-0.3, -0.25) is 19.4 Å². The van der Waals surface area contributed by atoms with Gasteiger partial charge >= 0.3 is 6.09 Å². The molecule has 3 aromatic rings. The molecule has 2 aromatic carbocycles. The summed E-state index contributed by atoms with van der Waals surface area (Å²) in [6, 6.07) is 17.0. The Labute approximate surface area is 368 Å². The number of ether oxygens (including phenoxy) is 6. The molecular weight excluding hydrogens is 823 g/mol. The largest absolute Gasteiger partial charge is 0.444 e. The molecule has 18 heteroatoms. The van der Waals surface area contributed by atoms with Gasteiger partial charge in [0.2, 0.25) is 17.7 Å². The van der Waals surface area contributed by atoms with Gasteiger partial charge in [-0.25, -0.2) is 4.79 Å². The van der Waals surface area contributed by atoms with Gasteiger partial charge in [0.05, 0.1) is 95.2 Å². The predicted molar refractivity (Wildman–Crippen MR) is 232 cm³/mol. The van der Waals surface area contributed by atoms with Crippen molar-refractivity contribution >= 4 is 35.2 Å². The Morgan fingerprint density at radius 3 is 1.74 bits per heavy atom. The van der Waals surface area contributed by atoms with Crippen LogP contribution in [0.4, 0.5) is 4.79 Å². The number of nitrogens with one attached hydrogen (secondary N) is 4. The molecular formula is C44H65N5O12S. The van der Waals surface area contributed by atoms with Crippen molar-refractivity contribution in [3.05, 3.63) is 88.4 Å². The number of aromatic nitrogens is 1. The van der Waals surface area contributed by atoms with Gasteiger partial charge in [0.1, 0.15) is 12.6 Å². The van der Waals surface area contributed by atoms with Crippen molar-refractivity contribution in [1.29, 1.82) is 0 Å². The summed E-state index contributed by atoms with van der Waals surface area (Å²) in [4.78, 5) is 55.9. The number of aliphatic hydroxyl groups excluding tert-OH is 2. The fourth-order valence-electron chi connectivity index (χ4n) is 6.01. The first-order valence-electron chi connectivity index (χ1n) is 21.1.